The first-order valence-electron chi connectivity index (χ1n) is 6.93. The maximum atomic E-state index is 12.5. The minimum atomic E-state index is -3.73. The number of hydrogen-bond acceptors (Lipinski definition) is 5. The zero-order valence-corrected chi connectivity index (χ0v) is 13.5. The van der Waals surface area contributed by atoms with E-state index in [1.807, 2.05) is 38.1 Å². The van der Waals surface area contributed by atoms with Crippen LogP contribution < -0.4 is 9.46 Å². The molecule has 1 unspecified atom stereocenters. The second-order valence-electron chi connectivity index (χ2n) is 5.95. The van der Waals surface area contributed by atoms with Gasteiger partial charge in [0.05, 0.1) is 12.2 Å². The van der Waals surface area contributed by atoms with E-state index in [9.17, 15) is 8.42 Å². The van der Waals surface area contributed by atoms with E-state index in [-0.39, 0.29) is 11.1 Å². The van der Waals surface area contributed by atoms with E-state index in [0.717, 1.165) is 5.56 Å². The number of nitrogens with one attached hydrogen (secondary N) is 1. The van der Waals surface area contributed by atoms with E-state index < -0.39 is 15.6 Å². The van der Waals surface area contributed by atoms with Gasteiger partial charge in [0.25, 0.3) is 10.0 Å². The zero-order chi connectivity index (χ0) is 16.0. The molecule has 1 N–H and O–H groups in total. The molecule has 22 heavy (non-hydrogen) atoms. The van der Waals surface area contributed by atoms with Gasteiger partial charge < -0.3 is 4.74 Å². The van der Waals surface area contributed by atoms with Gasteiger partial charge in [0.2, 0.25) is 5.03 Å². The molecule has 1 aliphatic rings. The minimum Gasteiger partial charge on any atom is -0.487 e. The van der Waals surface area contributed by atoms with Crippen molar-refractivity contribution >= 4 is 10.0 Å². The molecule has 0 spiro atoms. The summed E-state index contributed by atoms with van der Waals surface area (Å²) in [6.45, 7) is 3.87. The van der Waals surface area contributed by atoms with Crippen molar-refractivity contribution in [1.82, 2.24) is 19.7 Å². The Bertz CT molecular complexity index is 798. The number of ether oxygens (including phenoxy) is 1. The molecule has 1 atom stereocenters. The lowest BCUT2D eigenvalue weighted by molar-refractivity contribution is 0.0702. The molecular formula is C14H18N4O3S. The van der Waals surface area contributed by atoms with Crippen molar-refractivity contribution in [2.75, 3.05) is 0 Å². The molecular weight excluding hydrogens is 304 g/mol. The quantitative estimate of drug-likeness (QED) is 0.923. The summed E-state index contributed by atoms with van der Waals surface area (Å²) < 4.78 is 33.6. The lowest BCUT2D eigenvalue weighted by Gasteiger charge is -2.37. The van der Waals surface area contributed by atoms with Crippen molar-refractivity contribution in [3.8, 4) is 5.75 Å². The number of sulfonamides is 1. The second-order valence-corrected chi connectivity index (χ2v) is 7.61. The third kappa shape index (κ3) is 2.84. The zero-order valence-electron chi connectivity index (χ0n) is 12.6. The van der Waals surface area contributed by atoms with Crippen LogP contribution in [-0.4, -0.2) is 29.0 Å². The van der Waals surface area contributed by atoms with Crippen LogP contribution in [0.15, 0.2) is 35.5 Å². The number of aryl methyl sites for hydroxylation is 1. The normalized spacial score (nSPS) is 20.2. The van der Waals surface area contributed by atoms with Gasteiger partial charge in [-0.2, -0.15) is 9.90 Å². The maximum absolute atomic E-state index is 12.5. The predicted molar refractivity (Wildman–Crippen MR) is 79.8 cm³/mol. The smallest absolute Gasteiger partial charge is 0.262 e. The number of para-hydroxylation sites is 1. The highest BCUT2D eigenvalue weighted by atomic mass is 32.2. The summed E-state index contributed by atoms with van der Waals surface area (Å²) in [6, 6.07) is 7.08. The van der Waals surface area contributed by atoms with Crippen molar-refractivity contribution in [2.45, 2.75) is 36.9 Å². The summed E-state index contributed by atoms with van der Waals surface area (Å²) in [7, 11) is -2.16. The molecule has 0 bridgehead atoms. The van der Waals surface area contributed by atoms with Crippen LogP contribution in [-0.2, 0) is 17.1 Å². The molecule has 2 aromatic rings. The topological polar surface area (TPSA) is 86.1 Å². The fourth-order valence-electron chi connectivity index (χ4n) is 2.61. The van der Waals surface area contributed by atoms with Gasteiger partial charge in [-0.05, 0) is 19.9 Å². The first-order chi connectivity index (χ1) is 10.3. The van der Waals surface area contributed by atoms with E-state index in [0.29, 0.717) is 12.2 Å². The van der Waals surface area contributed by atoms with Crippen LogP contribution in [0.25, 0.3) is 0 Å². The fraction of sp³-hybridized carbons (Fsp3) is 0.429. The van der Waals surface area contributed by atoms with Crippen molar-refractivity contribution in [3.63, 3.8) is 0 Å². The van der Waals surface area contributed by atoms with Crippen LogP contribution in [0.4, 0.5) is 0 Å². The second kappa shape index (κ2) is 5.06. The molecule has 8 heteroatoms. The third-order valence-electron chi connectivity index (χ3n) is 3.53. The van der Waals surface area contributed by atoms with Gasteiger partial charge >= 0.3 is 0 Å². The van der Waals surface area contributed by atoms with Crippen molar-refractivity contribution < 1.29 is 13.2 Å². The van der Waals surface area contributed by atoms with Crippen LogP contribution in [0.1, 0.15) is 31.9 Å². The van der Waals surface area contributed by atoms with Crippen molar-refractivity contribution in [3.05, 3.63) is 36.0 Å². The average molecular weight is 322 g/mol. The largest absolute Gasteiger partial charge is 0.487 e. The molecule has 0 aliphatic carbocycles. The summed E-state index contributed by atoms with van der Waals surface area (Å²) in [4.78, 5) is 1.22. The van der Waals surface area contributed by atoms with Crippen molar-refractivity contribution in [1.29, 1.82) is 0 Å². The molecule has 0 fully saturated rings. The summed E-state index contributed by atoms with van der Waals surface area (Å²) in [5, 5.41) is 7.59. The van der Waals surface area contributed by atoms with Gasteiger partial charge in [0, 0.05) is 19.0 Å². The first-order valence-corrected chi connectivity index (χ1v) is 8.42. The Morgan fingerprint density at radius 3 is 2.77 bits per heavy atom. The molecule has 0 radical (unpaired) electrons. The van der Waals surface area contributed by atoms with Gasteiger partial charge in [0.15, 0.2) is 0 Å². The number of benzene rings is 1. The van der Waals surface area contributed by atoms with E-state index in [2.05, 4.69) is 14.9 Å². The Labute approximate surface area is 129 Å². The SMILES string of the molecule is Cn1ncc(S(=O)(=O)NC2CC(C)(C)Oc3ccccc32)n1. The average Bonchev–Trinajstić information content (AvgIpc) is 2.84. The van der Waals surface area contributed by atoms with Crippen LogP contribution in [0.5, 0.6) is 5.75 Å². The molecule has 1 aromatic carbocycles. The Hall–Kier alpha value is -1.93. The maximum Gasteiger partial charge on any atom is 0.262 e. The fourth-order valence-corrected chi connectivity index (χ4v) is 3.72. The summed E-state index contributed by atoms with van der Waals surface area (Å²) in [6.07, 6.45) is 1.77. The summed E-state index contributed by atoms with van der Waals surface area (Å²) >= 11 is 0. The Kier molecular flexibility index (Phi) is 3.45. The minimum absolute atomic E-state index is 0.0863. The molecule has 1 aliphatic heterocycles. The van der Waals surface area contributed by atoms with Crippen LogP contribution >= 0.6 is 0 Å². The number of nitrogens with zero attached hydrogens (tertiary/aromatic N) is 3. The van der Waals surface area contributed by atoms with Crippen molar-refractivity contribution in [2.24, 2.45) is 7.05 Å². The van der Waals surface area contributed by atoms with Gasteiger partial charge in [-0.1, -0.05) is 18.2 Å². The monoisotopic (exact) mass is 322 g/mol. The lowest BCUT2D eigenvalue weighted by Crippen LogP contribution is -2.41. The first kappa shape index (κ1) is 15.0. The molecule has 0 amide bonds. The molecule has 7 nitrogen and oxygen atoms in total. The van der Waals surface area contributed by atoms with Crippen LogP contribution in [0.3, 0.4) is 0 Å². The Morgan fingerprint density at radius 2 is 2.09 bits per heavy atom. The number of aromatic nitrogens is 3. The highest BCUT2D eigenvalue weighted by molar-refractivity contribution is 7.89. The van der Waals surface area contributed by atoms with Crippen LogP contribution in [0, 0.1) is 0 Å². The molecule has 118 valence electrons. The van der Waals surface area contributed by atoms with Crippen LogP contribution in [0.2, 0.25) is 0 Å². The molecule has 2 heterocycles. The van der Waals surface area contributed by atoms with Gasteiger partial charge in [-0.15, -0.1) is 5.10 Å². The van der Waals surface area contributed by atoms with E-state index in [1.165, 1.54) is 11.0 Å². The number of rotatable bonds is 3. The van der Waals surface area contributed by atoms with E-state index in [1.54, 1.807) is 7.05 Å². The Morgan fingerprint density at radius 1 is 1.36 bits per heavy atom. The summed E-state index contributed by atoms with van der Waals surface area (Å²) in [5.41, 5.74) is 0.374. The van der Waals surface area contributed by atoms with E-state index >= 15 is 0 Å². The standard InChI is InChI=1S/C14H18N4O3S/c1-14(2)8-11(10-6-4-5-7-12(10)21-14)17-22(19,20)13-9-15-18(3)16-13/h4-7,9,11,17H,8H2,1-3H3. The third-order valence-corrected chi connectivity index (χ3v) is 4.86. The molecule has 3 rings (SSSR count). The van der Waals surface area contributed by atoms with Gasteiger partial charge in [-0.3, -0.25) is 0 Å². The number of fused-ring (bicyclic) bond motifs is 1. The van der Waals surface area contributed by atoms with E-state index in [4.69, 9.17) is 4.74 Å². The highest BCUT2D eigenvalue weighted by Crippen LogP contribution is 2.39. The number of hydrogen-bond donors (Lipinski definition) is 1. The lowest BCUT2D eigenvalue weighted by atomic mass is 9.90. The van der Waals surface area contributed by atoms with Gasteiger partial charge in [0.1, 0.15) is 11.4 Å². The molecule has 0 saturated carbocycles. The Balaban J connectivity index is 1.95. The predicted octanol–water partition coefficient (Wildman–Crippen LogP) is 1.40. The summed E-state index contributed by atoms with van der Waals surface area (Å²) in [5.74, 6) is 0.700. The molecule has 0 saturated heterocycles. The molecule has 1 aromatic heterocycles. The van der Waals surface area contributed by atoms with Gasteiger partial charge in [-0.25, -0.2) is 13.1 Å². The highest BCUT2D eigenvalue weighted by Gasteiger charge is 2.36.